The molecule has 0 spiro atoms. The first-order chi connectivity index (χ1) is 7.99. The summed E-state index contributed by atoms with van der Waals surface area (Å²) in [4.78, 5) is 7.77. The van der Waals surface area contributed by atoms with Crippen LogP contribution in [0.1, 0.15) is 6.92 Å². The molecule has 0 radical (unpaired) electrons. The van der Waals surface area contributed by atoms with Crippen LogP contribution in [0.5, 0.6) is 0 Å². The second kappa shape index (κ2) is 4.44. The molecule has 2 rings (SSSR count). The summed E-state index contributed by atoms with van der Waals surface area (Å²) in [6.07, 6.45) is 0. The van der Waals surface area contributed by atoms with Crippen molar-refractivity contribution in [1.82, 2.24) is 9.88 Å². The van der Waals surface area contributed by atoms with E-state index in [1.54, 1.807) is 4.90 Å². The number of nitrogen functional groups attached to an aromatic ring is 1. The Bertz CT molecular complexity index is 424. The number of rotatable bonds is 1. The molecular formula is C11H16F2N4. The van der Waals surface area contributed by atoms with Crippen LogP contribution >= 0.6 is 0 Å². The molecule has 94 valence electrons. The first-order valence-electron chi connectivity index (χ1n) is 5.55. The van der Waals surface area contributed by atoms with Gasteiger partial charge >= 0.3 is 0 Å². The van der Waals surface area contributed by atoms with Gasteiger partial charge in [0, 0.05) is 31.7 Å². The Morgan fingerprint density at radius 2 is 2.06 bits per heavy atom. The molecule has 0 aliphatic carbocycles. The maximum Gasteiger partial charge on any atom is 0.168 e. The van der Waals surface area contributed by atoms with E-state index >= 15 is 0 Å². The maximum atomic E-state index is 13.6. The van der Waals surface area contributed by atoms with Crippen molar-refractivity contribution in [3.63, 3.8) is 0 Å². The number of piperazine rings is 1. The molecule has 1 saturated heterocycles. The topological polar surface area (TPSA) is 45.4 Å². The summed E-state index contributed by atoms with van der Waals surface area (Å²) in [6, 6.07) is 1.09. The Kier molecular flexibility index (Phi) is 3.15. The van der Waals surface area contributed by atoms with E-state index in [1.165, 1.54) is 0 Å². The number of hydrogen-bond acceptors (Lipinski definition) is 4. The highest BCUT2D eigenvalue weighted by Crippen LogP contribution is 2.22. The number of nitrogens with zero attached hydrogens (tertiary/aromatic N) is 3. The van der Waals surface area contributed by atoms with Crippen molar-refractivity contribution in [1.29, 1.82) is 0 Å². The van der Waals surface area contributed by atoms with E-state index < -0.39 is 11.6 Å². The molecule has 4 nitrogen and oxygen atoms in total. The van der Waals surface area contributed by atoms with E-state index in [0.717, 1.165) is 12.6 Å². The molecule has 1 aliphatic rings. The fraction of sp³-hybridized carbons (Fsp3) is 0.545. The van der Waals surface area contributed by atoms with Gasteiger partial charge in [0.2, 0.25) is 0 Å². The van der Waals surface area contributed by atoms with Gasteiger partial charge in [-0.15, -0.1) is 0 Å². The zero-order valence-electron chi connectivity index (χ0n) is 9.95. The third-order valence-electron chi connectivity index (χ3n) is 3.20. The van der Waals surface area contributed by atoms with Crippen LogP contribution in [0.25, 0.3) is 0 Å². The zero-order valence-corrected chi connectivity index (χ0v) is 9.95. The van der Waals surface area contributed by atoms with Gasteiger partial charge in [0.25, 0.3) is 0 Å². The molecule has 1 aromatic rings. The van der Waals surface area contributed by atoms with E-state index in [-0.39, 0.29) is 11.6 Å². The third kappa shape index (κ3) is 2.31. The molecule has 17 heavy (non-hydrogen) atoms. The lowest BCUT2D eigenvalue weighted by molar-refractivity contribution is 0.232. The van der Waals surface area contributed by atoms with Gasteiger partial charge in [-0.3, -0.25) is 0 Å². The minimum absolute atomic E-state index is 0.142. The lowest BCUT2D eigenvalue weighted by Gasteiger charge is -2.38. The Balaban J connectivity index is 2.26. The van der Waals surface area contributed by atoms with Gasteiger partial charge in [-0.2, -0.15) is 0 Å². The normalized spacial score (nSPS) is 21.9. The van der Waals surface area contributed by atoms with Crippen LogP contribution in [-0.2, 0) is 0 Å². The molecule has 1 aliphatic heterocycles. The van der Waals surface area contributed by atoms with Crippen LogP contribution in [0.3, 0.4) is 0 Å². The second-order valence-corrected chi connectivity index (χ2v) is 4.44. The van der Waals surface area contributed by atoms with E-state index in [1.807, 2.05) is 7.05 Å². The summed E-state index contributed by atoms with van der Waals surface area (Å²) >= 11 is 0. The van der Waals surface area contributed by atoms with Crippen LogP contribution in [0.4, 0.5) is 20.4 Å². The summed E-state index contributed by atoms with van der Waals surface area (Å²) in [5.74, 6) is -1.58. The van der Waals surface area contributed by atoms with Crippen molar-refractivity contribution >= 4 is 11.6 Å². The van der Waals surface area contributed by atoms with Crippen LogP contribution in [0, 0.1) is 11.6 Å². The third-order valence-corrected chi connectivity index (χ3v) is 3.20. The molecule has 1 unspecified atom stereocenters. The molecule has 6 heteroatoms. The number of pyridine rings is 1. The van der Waals surface area contributed by atoms with Crippen molar-refractivity contribution in [2.75, 3.05) is 37.3 Å². The number of aromatic nitrogens is 1. The molecule has 2 heterocycles. The fourth-order valence-electron chi connectivity index (χ4n) is 1.93. The molecule has 2 N–H and O–H groups in total. The minimum atomic E-state index is -0.812. The highest BCUT2D eigenvalue weighted by molar-refractivity contribution is 5.47. The SMILES string of the molecule is CC1CN(c2nc(N)c(F)cc2F)CCN1C. The van der Waals surface area contributed by atoms with Crippen molar-refractivity contribution in [3.8, 4) is 0 Å². The largest absolute Gasteiger partial charge is 0.381 e. The molecule has 0 bridgehead atoms. The first-order valence-corrected chi connectivity index (χ1v) is 5.55. The summed E-state index contributed by atoms with van der Waals surface area (Å²) in [5, 5.41) is 0. The minimum Gasteiger partial charge on any atom is -0.381 e. The predicted molar refractivity (Wildman–Crippen MR) is 62.9 cm³/mol. The van der Waals surface area contributed by atoms with Gasteiger partial charge in [0.15, 0.2) is 23.3 Å². The predicted octanol–water partition coefficient (Wildman–Crippen LogP) is 1.08. The Labute approximate surface area is 99.0 Å². The molecule has 1 fully saturated rings. The molecule has 1 aromatic heterocycles. The molecule has 0 saturated carbocycles. The number of halogens is 2. The van der Waals surface area contributed by atoms with Crippen molar-refractivity contribution in [2.24, 2.45) is 0 Å². The monoisotopic (exact) mass is 242 g/mol. The van der Waals surface area contributed by atoms with Gasteiger partial charge in [-0.05, 0) is 14.0 Å². The number of nitrogens with two attached hydrogens (primary N) is 1. The Hall–Kier alpha value is -1.43. The number of hydrogen-bond donors (Lipinski definition) is 1. The van der Waals surface area contributed by atoms with E-state index in [0.29, 0.717) is 19.1 Å². The van der Waals surface area contributed by atoms with Crippen LogP contribution in [-0.4, -0.2) is 42.6 Å². The van der Waals surface area contributed by atoms with E-state index in [4.69, 9.17) is 5.73 Å². The average molecular weight is 242 g/mol. The Morgan fingerprint density at radius 1 is 1.35 bits per heavy atom. The van der Waals surface area contributed by atoms with E-state index in [2.05, 4.69) is 16.8 Å². The highest BCUT2D eigenvalue weighted by Gasteiger charge is 2.24. The fourth-order valence-corrected chi connectivity index (χ4v) is 1.93. The highest BCUT2D eigenvalue weighted by atomic mass is 19.1. The second-order valence-electron chi connectivity index (χ2n) is 4.44. The smallest absolute Gasteiger partial charge is 0.168 e. The van der Waals surface area contributed by atoms with Gasteiger partial charge in [-0.25, -0.2) is 13.8 Å². The lowest BCUT2D eigenvalue weighted by Crippen LogP contribution is -2.50. The van der Waals surface area contributed by atoms with Crippen LogP contribution < -0.4 is 10.6 Å². The zero-order chi connectivity index (χ0) is 12.6. The van der Waals surface area contributed by atoms with Crippen molar-refractivity contribution < 1.29 is 8.78 Å². The maximum absolute atomic E-state index is 13.6. The number of likely N-dealkylation sites (N-methyl/N-ethyl adjacent to an activating group) is 1. The van der Waals surface area contributed by atoms with E-state index in [9.17, 15) is 8.78 Å². The molecule has 1 atom stereocenters. The summed E-state index contributed by atoms with van der Waals surface area (Å²) in [5.41, 5.74) is 5.37. The summed E-state index contributed by atoms with van der Waals surface area (Å²) < 4.78 is 26.6. The standard InChI is InChI=1S/C11H16F2N4/c1-7-6-17(4-3-16(7)2)11-9(13)5-8(12)10(14)15-11/h5,7H,3-4,6H2,1-2H3,(H2,14,15). The quantitative estimate of drug-likeness (QED) is 0.800. The Morgan fingerprint density at radius 3 is 2.71 bits per heavy atom. The molecule has 0 amide bonds. The van der Waals surface area contributed by atoms with Crippen molar-refractivity contribution in [2.45, 2.75) is 13.0 Å². The molecule has 0 aromatic carbocycles. The van der Waals surface area contributed by atoms with Gasteiger partial charge in [-0.1, -0.05) is 0 Å². The number of anilines is 2. The summed E-state index contributed by atoms with van der Waals surface area (Å²) in [7, 11) is 2.02. The van der Waals surface area contributed by atoms with Gasteiger partial charge in [0.1, 0.15) is 0 Å². The summed E-state index contributed by atoms with van der Waals surface area (Å²) in [6.45, 7) is 4.19. The van der Waals surface area contributed by atoms with Crippen LogP contribution in [0.2, 0.25) is 0 Å². The first kappa shape index (κ1) is 12.0. The van der Waals surface area contributed by atoms with Crippen LogP contribution in [0.15, 0.2) is 6.07 Å². The van der Waals surface area contributed by atoms with Crippen molar-refractivity contribution in [3.05, 3.63) is 17.7 Å². The average Bonchev–Trinajstić information content (AvgIpc) is 2.27. The van der Waals surface area contributed by atoms with Gasteiger partial charge in [0.05, 0.1) is 0 Å². The van der Waals surface area contributed by atoms with Gasteiger partial charge < -0.3 is 15.5 Å². The lowest BCUT2D eigenvalue weighted by atomic mass is 10.2. The molecular weight excluding hydrogens is 226 g/mol.